The zero-order valence-corrected chi connectivity index (χ0v) is 29.7. The molecule has 0 aliphatic heterocycles. The van der Waals surface area contributed by atoms with Crippen molar-refractivity contribution >= 4 is 48.9 Å². The predicted octanol–water partition coefficient (Wildman–Crippen LogP) is 6.03. The molecule has 0 saturated heterocycles. The van der Waals surface area contributed by atoms with Gasteiger partial charge in [-0.05, 0) is 46.2 Å². The predicted molar refractivity (Wildman–Crippen MR) is 174 cm³/mol. The lowest BCUT2D eigenvalue weighted by molar-refractivity contribution is -0.0332. The Bertz CT molecular complexity index is 1090. The van der Waals surface area contributed by atoms with Crippen LogP contribution in [0.5, 0.6) is 0 Å². The lowest BCUT2D eigenvalue weighted by atomic mass is 10.1. The first-order chi connectivity index (χ1) is 18.4. The van der Waals surface area contributed by atoms with E-state index in [1.54, 1.807) is 0 Å². The molecule has 2 aromatic rings. The number of thioether (sulfide) groups is 1. The van der Waals surface area contributed by atoms with Crippen molar-refractivity contribution in [1.29, 1.82) is 0 Å². The van der Waals surface area contributed by atoms with Crippen LogP contribution in [0.2, 0.25) is 23.2 Å². The zero-order valence-electron chi connectivity index (χ0n) is 26.0. The highest BCUT2D eigenvalue weighted by atomic mass is 32.2. The summed E-state index contributed by atoms with van der Waals surface area (Å²) in [6, 6.07) is 21.0. The third-order valence-electron chi connectivity index (χ3n) is 7.67. The Balaban J connectivity index is 2.42. The van der Waals surface area contributed by atoms with Crippen molar-refractivity contribution in [2.24, 2.45) is 0 Å². The fourth-order valence-corrected chi connectivity index (χ4v) is 11.1. The number of hydrogen-bond acceptors (Lipinski definition) is 7. The van der Waals surface area contributed by atoms with E-state index < -0.39 is 39.0 Å². The van der Waals surface area contributed by atoms with Crippen LogP contribution in [0.15, 0.2) is 60.7 Å². The number of ether oxygens (including phenoxy) is 1. The molecular formula is C30H50O6S2Si2. The average molecular weight is 627 g/mol. The van der Waals surface area contributed by atoms with Gasteiger partial charge in [0.05, 0.1) is 24.9 Å². The largest absolute Gasteiger partial charge is 0.414 e. The van der Waals surface area contributed by atoms with Crippen LogP contribution in [-0.4, -0.2) is 68.9 Å². The highest BCUT2D eigenvalue weighted by Gasteiger charge is 2.50. The average Bonchev–Trinajstić information content (AvgIpc) is 2.85. The van der Waals surface area contributed by atoms with Crippen molar-refractivity contribution in [2.45, 2.75) is 83.3 Å². The number of benzene rings is 2. The van der Waals surface area contributed by atoms with Crippen molar-refractivity contribution in [3.8, 4) is 0 Å². The number of rotatable bonds is 15. The second-order valence-corrected chi connectivity index (χ2v) is 24.4. The van der Waals surface area contributed by atoms with Gasteiger partial charge in [0, 0.05) is 6.61 Å². The Hall–Kier alpha value is -0.986. The second kappa shape index (κ2) is 14.5. The summed E-state index contributed by atoms with van der Waals surface area (Å²) in [6.45, 7) is 18.0. The molecule has 0 unspecified atom stereocenters. The summed E-state index contributed by atoms with van der Waals surface area (Å²) in [5.74, 6) is 0.410. The molecular weight excluding hydrogens is 577 g/mol. The van der Waals surface area contributed by atoms with Crippen LogP contribution in [0.25, 0.3) is 0 Å². The van der Waals surface area contributed by atoms with Gasteiger partial charge in [-0.25, -0.2) is 0 Å². The van der Waals surface area contributed by atoms with Gasteiger partial charge in [0.1, 0.15) is 6.10 Å². The van der Waals surface area contributed by atoms with Crippen molar-refractivity contribution < 1.29 is 26.2 Å². The van der Waals surface area contributed by atoms with Gasteiger partial charge >= 0.3 is 0 Å². The van der Waals surface area contributed by atoms with Crippen molar-refractivity contribution in [3.05, 3.63) is 60.7 Å². The van der Waals surface area contributed by atoms with Crippen LogP contribution >= 0.6 is 11.8 Å². The van der Waals surface area contributed by atoms with Crippen LogP contribution < -0.4 is 10.4 Å². The summed E-state index contributed by atoms with van der Waals surface area (Å²) in [7, 11) is -8.64. The molecule has 0 radical (unpaired) electrons. The summed E-state index contributed by atoms with van der Waals surface area (Å²) >= 11 is 1.54. The third kappa shape index (κ3) is 9.52. The molecule has 10 heteroatoms. The van der Waals surface area contributed by atoms with Gasteiger partial charge < -0.3 is 13.6 Å². The summed E-state index contributed by atoms with van der Waals surface area (Å²) in [5, 5.41) is 2.20. The van der Waals surface area contributed by atoms with Crippen LogP contribution in [-0.2, 0) is 27.9 Å². The molecule has 0 aliphatic rings. The van der Waals surface area contributed by atoms with Crippen molar-refractivity contribution in [2.75, 3.05) is 31.7 Å². The van der Waals surface area contributed by atoms with E-state index in [2.05, 4.69) is 103 Å². The Morgan fingerprint density at radius 3 is 1.70 bits per heavy atom. The molecule has 0 aromatic heterocycles. The third-order valence-corrected chi connectivity index (χ3v) is 18.2. The molecule has 2 aromatic carbocycles. The van der Waals surface area contributed by atoms with E-state index in [4.69, 9.17) is 17.8 Å². The maximum absolute atomic E-state index is 12.3. The van der Waals surface area contributed by atoms with Gasteiger partial charge in [0.2, 0.25) is 0 Å². The van der Waals surface area contributed by atoms with Crippen molar-refractivity contribution in [1.82, 2.24) is 0 Å². The van der Waals surface area contributed by atoms with E-state index in [1.165, 1.54) is 22.1 Å². The minimum absolute atomic E-state index is 0.0232. The van der Waals surface area contributed by atoms with E-state index in [1.807, 2.05) is 18.4 Å². The molecule has 0 heterocycles. The van der Waals surface area contributed by atoms with Gasteiger partial charge in [-0.15, -0.1) is 11.8 Å². The highest BCUT2D eigenvalue weighted by molar-refractivity contribution is 7.98. The first kappa shape index (κ1) is 35.2. The monoisotopic (exact) mass is 626 g/mol. The van der Waals surface area contributed by atoms with Crippen LogP contribution in [0.3, 0.4) is 0 Å². The summed E-state index contributed by atoms with van der Waals surface area (Å²) in [5.41, 5.74) is 0. The smallest absolute Gasteiger partial charge is 0.264 e. The minimum atomic E-state index is -3.74. The molecule has 2 atom stereocenters. The molecule has 0 spiro atoms. The molecule has 226 valence electrons. The van der Waals surface area contributed by atoms with Crippen LogP contribution in [0, 0.1) is 0 Å². The first-order valence-electron chi connectivity index (χ1n) is 13.8. The van der Waals surface area contributed by atoms with Gasteiger partial charge in [-0.3, -0.25) is 4.18 Å². The standard InChI is InChI=1S/C30H50O6S2Si2/c1-29(2,3)39(9,10)35-23-28(36-38(8,31)32)27(33-24-37-7)21-22-34-40(30(4,5)6,25-17-13-11-14-18-25)26-19-15-12-16-20-26/h11-20,27-28H,21-24H2,1-10H3/t27-,28+/m0/s1. The Labute approximate surface area is 249 Å². The lowest BCUT2D eigenvalue weighted by Gasteiger charge is -2.43. The van der Waals surface area contributed by atoms with Crippen LogP contribution in [0.1, 0.15) is 48.0 Å². The fraction of sp³-hybridized carbons (Fsp3) is 0.600. The quantitative estimate of drug-likeness (QED) is 0.136. The maximum Gasteiger partial charge on any atom is 0.264 e. The SMILES string of the molecule is CSCO[C@@H](CCO[Si](c1ccccc1)(c1ccccc1)C(C)(C)C)[C@@H](CO[Si](C)(C)C(C)(C)C)OS(C)(=O)=O. The summed E-state index contributed by atoms with van der Waals surface area (Å²) in [6.07, 6.45) is 2.20. The molecule has 40 heavy (non-hydrogen) atoms. The van der Waals surface area contributed by atoms with E-state index in [9.17, 15) is 8.42 Å². The van der Waals surface area contributed by atoms with E-state index in [0.717, 1.165) is 6.26 Å². The number of hydrogen-bond donors (Lipinski definition) is 0. The van der Waals surface area contributed by atoms with Crippen LogP contribution in [0.4, 0.5) is 0 Å². The normalized spacial score (nSPS) is 15.2. The van der Waals surface area contributed by atoms with Gasteiger partial charge in [0.15, 0.2) is 8.32 Å². The zero-order chi connectivity index (χ0) is 30.2. The topological polar surface area (TPSA) is 71.1 Å². The minimum Gasteiger partial charge on any atom is -0.414 e. The molecule has 0 aliphatic carbocycles. The van der Waals surface area contributed by atoms with E-state index in [0.29, 0.717) is 19.0 Å². The van der Waals surface area contributed by atoms with Gasteiger partial charge in [-0.1, -0.05) is 102 Å². The van der Waals surface area contributed by atoms with Crippen molar-refractivity contribution in [3.63, 3.8) is 0 Å². The molecule has 0 amide bonds. The summed E-state index contributed by atoms with van der Waals surface area (Å²) < 4.78 is 50.0. The molecule has 2 rings (SSSR count). The second-order valence-electron chi connectivity index (χ2n) is 12.8. The molecule has 0 saturated carbocycles. The fourth-order valence-electron chi connectivity index (χ4n) is 4.55. The highest BCUT2D eigenvalue weighted by Crippen LogP contribution is 2.38. The molecule has 6 nitrogen and oxygen atoms in total. The van der Waals surface area contributed by atoms with Gasteiger partial charge in [0.25, 0.3) is 18.4 Å². The summed E-state index contributed by atoms with van der Waals surface area (Å²) in [4.78, 5) is 0. The molecule has 0 N–H and O–H groups in total. The Kier molecular flexibility index (Phi) is 12.7. The van der Waals surface area contributed by atoms with E-state index >= 15 is 0 Å². The Morgan fingerprint density at radius 2 is 1.30 bits per heavy atom. The Morgan fingerprint density at radius 1 is 0.800 bits per heavy atom. The first-order valence-corrected chi connectivity index (χ1v) is 21.8. The molecule has 0 bridgehead atoms. The molecule has 0 fully saturated rings. The van der Waals surface area contributed by atoms with Gasteiger partial charge in [-0.2, -0.15) is 8.42 Å². The van der Waals surface area contributed by atoms with E-state index in [-0.39, 0.29) is 16.7 Å². The maximum atomic E-state index is 12.3. The lowest BCUT2D eigenvalue weighted by Crippen LogP contribution is -2.66.